The number of nitrogens with zero attached hydrogens (tertiary/aromatic N) is 1. The normalized spacial score (nSPS) is 23.7. The Bertz CT molecular complexity index is 871. The van der Waals surface area contributed by atoms with Gasteiger partial charge in [-0.1, -0.05) is 18.2 Å². The molecule has 0 amide bonds. The number of carbonyl (C=O) groups is 1. The maximum atomic E-state index is 12.2. The summed E-state index contributed by atoms with van der Waals surface area (Å²) in [5, 5.41) is 7.48. The highest BCUT2D eigenvalue weighted by Gasteiger charge is 2.44. The van der Waals surface area contributed by atoms with Crippen LogP contribution in [0.25, 0.3) is 10.9 Å². The number of carbonyl (C=O) groups excluding carboxylic acids is 1. The zero-order chi connectivity index (χ0) is 16.0. The van der Waals surface area contributed by atoms with Crippen LogP contribution in [0.3, 0.4) is 0 Å². The maximum Gasteiger partial charge on any atom is 0.323 e. The van der Waals surface area contributed by atoms with Crippen LogP contribution in [0.2, 0.25) is 0 Å². The van der Waals surface area contributed by atoms with Crippen LogP contribution >= 0.6 is 11.3 Å². The SMILES string of the molecule is COC(=O)[C@@H]1Cc2c([nH]c3ccccc23)C(C)(c2nccs2)N1. The van der Waals surface area contributed by atoms with E-state index in [1.54, 1.807) is 17.5 Å². The number of nitrogens with one attached hydrogen (secondary N) is 2. The molecule has 0 fully saturated rings. The van der Waals surface area contributed by atoms with Gasteiger partial charge in [-0.3, -0.25) is 10.1 Å². The molecule has 2 atom stereocenters. The number of hydrogen-bond acceptors (Lipinski definition) is 5. The predicted octanol–water partition coefficient (Wildman–Crippen LogP) is 2.58. The molecule has 2 aromatic heterocycles. The largest absolute Gasteiger partial charge is 0.468 e. The molecular weight excluding hydrogens is 310 g/mol. The fraction of sp³-hybridized carbons (Fsp3) is 0.294. The van der Waals surface area contributed by atoms with Crippen molar-refractivity contribution in [2.24, 2.45) is 0 Å². The summed E-state index contributed by atoms with van der Waals surface area (Å²) in [6, 6.07) is 7.79. The standard InChI is InChI=1S/C17H17N3O2S/c1-17(16-18-7-8-23-16)14-11(9-13(20-17)15(21)22-2)10-5-3-4-6-12(10)19-14/h3-8,13,19-20H,9H2,1-2H3/t13-,17?/m0/s1. The molecule has 23 heavy (non-hydrogen) atoms. The molecule has 0 bridgehead atoms. The summed E-state index contributed by atoms with van der Waals surface area (Å²) in [4.78, 5) is 20.2. The second-order valence-corrected chi connectivity index (χ2v) is 6.81. The van der Waals surface area contributed by atoms with Gasteiger partial charge in [0.1, 0.15) is 16.6 Å². The molecule has 4 rings (SSSR count). The van der Waals surface area contributed by atoms with E-state index in [9.17, 15) is 4.79 Å². The fourth-order valence-electron chi connectivity index (χ4n) is 3.44. The molecule has 0 saturated carbocycles. The van der Waals surface area contributed by atoms with E-state index < -0.39 is 5.54 Å². The molecule has 1 unspecified atom stereocenters. The van der Waals surface area contributed by atoms with Crippen LogP contribution in [-0.2, 0) is 21.5 Å². The molecule has 6 heteroatoms. The van der Waals surface area contributed by atoms with Gasteiger partial charge >= 0.3 is 5.97 Å². The summed E-state index contributed by atoms with van der Waals surface area (Å²) in [6.07, 6.45) is 2.39. The lowest BCUT2D eigenvalue weighted by atomic mass is 9.85. The van der Waals surface area contributed by atoms with Crippen LogP contribution in [0.15, 0.2) is 35.8 Å². The van der Waals surface area contributed by atoms with E-state index in [0.717, 1.165) is 27.2 Å². The van der Waals surface area contributed by atoms with E-state index in [1.165, 1.54) is 7.11 Å². The first-order valence-corrected chi connectivity index (χ1v) is 8.37. The molecule has 5 nitrogen and oxygen atoms in total. The number of methoxy groups -OCH3 is 1. The number of H-pyrrole nitrogens is 1. The van der Waals surface area contributed by atoms with Crippen molar-refractivity contribution in [3.63, 3.8) is 0 Å². The number of esters is 1. The molecule has 2 N–H and O–H groups in total. The van der Waals surface area contributed by atoms with Crippen molar-refractivity contribution in [1.29, 1.82) is 0 Å². The Labute approximate surface area is 137 Å². The van der Waals surface area contributed by atoms with Gasteiger partial charge in [-0.15, -0.1) is 11.3 Å². The van der Waals surface area contributed by atoms with Crippen LogP contribution < -0.4 is 5.32 Å². The molecule has 0 spiro atoms. The summed E-state index contributed by atoms with van der Waals surface area (Å²) >= 11 is 1.58. The van der Waals surface area contributed by atoms with Gasteiger partial charge in [0.25, 0.3) is 0 Å². The third-order valence-electron chi connectivity index (χ3n) is 4.53. The van der Waals surface area contributed by atoms with Gasteiger partial charge in [0, 0.05) is 34.6 Å². The average Bonchev–Trinajstić information content (AvgIpc) is 3.22. The van der Waals surface area contributed by atoms with Crippen molar-refractivity contribution < 1.29 is 9.53 Å². The first-order valence-electron chi connectivity index (χ1n) is 7.49. The van der Waals surface area contributed by atoms with Crippen molar-refractivity contribution >= 4 is 28.2 Å². The topological polar surface area (TPSA) is 67.0 Å². The Balaban J connectivity index is 1.95. The number of fused-ring (bicyclic) bond motifs is 3. The third kappa shape index (κ3) is 2.09. The van der Waals surface area contributed by atoms with Gasteiger partial charge in [-0.05, 0) is 18.6 Å². The second kappa shape index (κ2) is 5.18. The lowest BCUT2D eigenvalue weighted by Gasteiger charge is -2.37. The van der Waals surface area contributed by atoms with E-state index in [2.05, 4.69) is 34.3 Å². The van der Waals surface area contributed by atoms with Gasteiger partial charge in [-0.25, -0.2) is 4.98 Å². The molecule has 3 aromatic rings. The number of benzene rings is 1. The van der Waals surface area contributed by atoms with Crippen LogP contribution in [0.4, 0.5) is 0 Å². The van der Waals surface area contributed by atoms with Gasteiger partial charge in [0.05, 0.1) is 7.11 Å². The Morgan fingerprint density at radius 2 is 2.26 bits per heavy atom. The smallest absolute Gasteiger partial charge is 0.323 e. The van der Waals surface area contributed by atoms with Crippen LogP contribution in [0, 0.1) is 0 Å². The van der Waals surface area contributed by atoms with E-state index >= 15 is 0 Å². The van der Waals surface area contributed by atoms with E-state index in [0.29, 0.717) is 6.42 Å². The van der Waals surface area contributed by atoms with Crippen LogP contribution in [0.1, 0.15) is 23.2 Å². The first-order chi connectivity index (χ1) is 11.1. The number of para-hydroxylation sites is 1. The van der Waals surface area contributed by atoms with E-state index in [1.807, 2.05) is 17.5 Å². The van der Waals surface area contributed by atoms with Crippen molar-refractivity contribution in [3.05, 3.63) is 52.1 Å². The highest BCUT2D eigenvalue weighted by atomic mass is 32.1. The van der Waals surface area contributed by atoms with Crippen LogP contribution in [-0.4, -0.2) is 29.1 Å². The number of hydrogen-bond donors (Lipinski definition) is 2. The van der Waals surface area contributed by atoms with Gasteiger partial charge in [0.2, 0.25) is 0 Å². The molecule has 0 saturated heterocycles. The third-order valence-corrected chi connectivity index (χ3v) is 5.53. The van der Waals surface area contributed by atoms with Crippen molar-refractivity contribution in [2.75, 3.05) is 7.11 Å². The summed E-state index contributed by atoms with van der Waals surface area (Å²) in [7, 11) is 1.43. The summed E-state index contributed by atoms with van der Waals surface area (Å²) in [5.74, 6) is -0.247. The molecule has 1 aliphatic rings. The average molecular weight is 327 g/mol. The summed E-state index contributed by atoms with van der Waals surface area (Å²) in [6.45, 7) is 2.06. The highest BCUT2D eigenvalue weighted by molar-refractivity contribution is 7.09. The zero-order valence-corrected chi connectivity index (χ0v) is 13.7. The minimum absolute atomic E-state index is 0.247. The fourth-order valence-corrected chi connectivity index (χ4v) is 4.21. The van der Waals surface area contributed by atoms with Crippen molar-refractivity contribution in [2.45, 2.75) is 24.9 Å². The van der Waals surface area contributed by atoms with E-state index in [-0.39, 0.29) is 12.0 Å². The lowest BCUT2D eigenvalue weighted by molar-refractivity contribution is -0.143. The lowest BCUT2D eigenvalue weighted by Crippen LogP contribution is -2.55. The molecule has 0 aliphatic carbocycles. The predicted molar refractivity (Wildman–Crippen MR) is 89.5 cm³/mol. The number of aromatic nitrogens is 2. The Morgan fingerprint density at radius 1 is 1.43 bits per heavy atom. The van der Waals surface area contributed by atoms with Gasteiger partial charge < -0.3 is 9.72 Å². The number of thiazole rings is 1. The number of ether oxygens (including phenoxy) is 1. The van der Waals surface area contributed by atoms with E-state index in [4.69, 9.17) is 4.74 Å². The Hall–Kier alpha value is -2.18. The minimum atomic E-state index is -0.542. The highest BCUT2D eigenvalue weighted by Crippen LogP contribution is 2.40. The number of aromatic amines is 1. The van der Waals surface area contributed by atoms with Gasteiger partial charge in [-0.2, -0.15) is 0 Å². The molecule has 1 aliphatic heterocycles. The molecule has 3 heterocycles. The number of rotatable bonds is 2. The molecular formula is C17H17N3O2S. The maximum absolute atomic E-state index is 12.2. The first kappa shape index (κ1) is 14.4. The van der Waals surface area contributed by atoms with Gasteiger partial charge in [0.15, 0.2) is 0 Å². The molecule has 1 aromatic carbocycles. The Kier molecular flexibility index (Phi) is 3.25. The summed E-state index contributed by atoms with van der Waals surface area (Å²) < 4.78 is 4.98. The monoisotopic (exact) mass is 327 g/mol. The minimum Gasteiger partial charge on any atom is -0.468 e. The molecule has 0 radical (unpaired) electrons. The quantitative estimate of drug-likeness (QED) is 0.710. The Morgan fingerprint density at radius 3 is 3.00 bits per heavy atom. The molecule has 118 valence electrons. The van der Waals surface area contributed by atoms with Crippen molar-refractivity contribution in [3.8, 4) is 0 Å². The summed E-state index contributed by atoms with van der Waals surface area (Å²) in [5.41, 5.74) is 2.77. The van der Waals surface area contributed by atoms with Crippen molar-refractivity contribution in [1.82, 2.24) is 15.3 Å². The van der Waals surface area contributed by atoms with Crippen LogP contribution in [0.5, 0.6) is 0 Å². The zero-order valence-electron chi connectivity index (χ0n) is 12.9. The second-order valence-electron chi connectivity index (χ2n) is 5.91.